The summed E-state index contributed by atoms with van der Waals surface area (Å²) in [6.45, 7) is 2.54. The number of rotatable bonds is 10. The van der Waals surface area contributed by atoms with Gasteiger partial charge in [-0.05, 0) is 24.1 Å². The highest BCUT2D eigenvalue weighted by molar-refractivity contribution is 5.89. The Kier molecular flexibility index (Phi) is 8.98. The fourth-order valence-electron chi connectivity index (χ4n) is 2.29. The van der Waals surface area contributed by atoms with E-state index >= 15 is 0 Å². The lowest BCUT2D eigenvalue weighted by atomic mass is 10.1. The van der Waals surface area contributed by atoms with Gasteiger partial charge in [0.05, 0.1) is 26.3 Å². The number of carbonyl (C=O) groups excluding carboxylic acids is 2. The summed E-state index contributed by atoms with van der Waals surface area (Å²) in [6, 6.07) is 6.97. The molecule has 0 aliphatic carbocycles. The van der Waals surface area contributed by atoms with Crippen molar-refractivity contribution in [2.75, 3.05) is 14.2 Å². The molecule has 1 rings (SSSR count). The van der Waals surface area contributed by atoms with Crippen LogP contribution in [-0.4, -0.2) is 31.2 Å². The van der Waals surface area contributed by atoms with Gasteiger partial charge in [0.2, 0.25) is 5.91 Å². The van der Waals surface area contributed by atoms with Gasteiger partial charge in [0.25, 0.3) is 0 Å². The zero-order valence-corrected chi connectivity index (χ0v) is 14.3. The molecule has 0 unspecified atom stereocenters. The van der Waals surface area contributed by atoms with Crippen molar-refractivity contribution in [2.45, 2.75) is 52.0 Å². The summed E-state index contributed by atoms with van der Waals surface area (Å²) in [6.07, 6.45) is 6.04. The molecule has 0 radical (unpaired) electrons. The predicted molar refractivity (Wildman–Crippen MR) is 88.7 cm³/mol. The smallest absolute Gasteiger partial charge is 0.337 e. The van der Waals surface area contributed by atoms with Crippen molar-refractivity contribution in [3.8, 4) is 0 Å². The highest BCUT2D eigenvalue weighted by Gasteiger charge is 2.14. The van der Waals surface area contributed by atoms with Crippen molar-refractivity contribution in [3.05, 3.63) is 35.4 Å². The second kappa shape index (κ2) is 10.8. The summed E-state index contributed by atoms with van der Waals surface area (Å²) in [4.78, 5) is 28.7. The zero-order chi connectivity index (χ0) is 17.1. The van der Waals surface area contributed by atoms with Gasteiger partial charge in [-0.2, -0.15) is 0 Å². The topological polar surface area (TPSA) is 55.8 Å². The molecule has 0 spiro atoms. The van der Waals surface area contributed by atoms with E-state index in [1.807, 2.05) is 0 Å². The van der Waals surface area contributed by atoms with E-state index in [0.717, 1.165) is 18.4 Å². The molecule has 5 nitrogen and oxygen atoms in total. The Bertz CT molecular complexity index is 484. The van der Waals surface area contributed by atoms with Crippen molar-refractivity contribution in [2.24, 2.45) is 0 Å². The van der Waals surface area contributed by atoms with E-state index < -0.39 is 0 Å². The van der Waals surface area contributed by atoms with Crippen LogP contribution >= 0.6 is 0 Å². The van der Waals surface area contributed by atoms with E-state index in [-0.39, 0.29) is 11.9 Å². The SMILES string of the molecule is CCCCCCCC(=O)N(Cc1ccc(C(=O)OC)cc1)OC. The molecule has 0 aliphatic heterocycles. The van der Waals surface area contributed by atoms with E-state index in [0.29, 0.717) is 18.5 Å². The average Bonchev–Trinajstić information content (AvgIpc) is 2.59. The average molecular weight is 321 g/mol. The number of esters is 1. The number of hydroxylamine groups is 2. The summed E-state index contributed by atoms with van der Waals surface area (Å²) in [5.41, 5.74) is 1.39. The first-order valence-corrected chi connectivity index (χ1v) is 8.14. The molecular weight excluding hydrogens is 294 g/mol. The van der Waals surface area contributed by atoms with E-state index in [1.54, 1.807) is 24.3 Å². The van der Waals surface area contributed by atoms with Crippen molar-refractivity contribution >= 4 is 11.9 Å². The van der Waals surface area contributed by atoms with Crippen LogP contribution in [0.25, 0.3) is 0 Å². The Hall–Kier alpha value is -1.88. The zero-order valence-electron chi connectivity index (χ0n) is 14.3. The van der Waals surface area contributed by atoms with Gasteiger partial charge in [0.15, 0.2) is 0 Å². The van der Waals surface area contributed by atoms with Crippen molar-refractivity contribution < 1.29 is 19.2 Å². The standard InChI is InChI=1S/C18H27NO4/c1-4-5-6-7-8-9-17(20)19(23-3)14-15-10-12-16(13-11-15)18(21)22-2/h10-13H,4-9,14H2,1-3H3. The molecule has 0 bridgehead atoms. The third kappa shape index (κ3) is 6.82. The minimum atomic E-state index is -0.372. The van der Waals surface area contributed by atoms with Crippen LogP contribution in [0, 0.1) is 0 Å². The molecule has 0 saturated carbocycles. The molecule has 0 aliphatic rings. The number of hydrogen-bond acceptors (Lipinski definition) is 4. The number of carbonyl (C=O) groups is 2. The second-order valence-electron chi connectivity index (χ2n) is 5.47. The Balaban J connectivity index is 2.48. The predicted octanol–water partition coefficient (Wildman–Crippen LogP) is 3.72. The van der Waals surface area contributed by atoms with Gasteiger partial charge in [-0.15, -0.1) is 0 Å². The number of hydrogen-bond donors (Lipinski definition) is 0. The maximum absolute atomic E-state index is 12.2. The van der Waals surface area contributed by atoms with Crippen LogP contribution in [0.2, 0.25) is 0 Å². The highest BCUT2D eigenvalue weighted by Crippen LogP contribution is 2.12. The Labute approximate surface area is 138 Å². The second-order valence-corrected chi connectivity index (χ2v) is 5.47. The van der Waals surface area contributed by atoms with Gasteiger partial charge in [0, 0.05) is 6.42 Å². The lowest BCUT2D eigenvalue weighted by Gasteiger charge is -2.20. The molecule has 1 amide bonds. The van der Waals surface area contributed by atoms with Crippen LogP contribution in [0.3, 0.4) is 0 Å². The van der Waals surface area contributed by atoms with E-state index in [1.165, 1.54) is 38.5 Å². The van der Waals surface area contributed by atoms with Gasteiger partial charge < -0.3 is 4.74 Å². The van der Waals surface area contributed by atoms with Gasteiger partial charge in [-0.3, -0.25) is 9.63 Å². The van der Waals surface area contributed by atoms with Gasteiger partial charge in [-0.1, -0.05) is 44.7 Å². The van der Waals surface area contributed by atoms with Crippen LogP contribution in [0.4, 0.5) is 0 Å². The Morgan fingerprint density at radius 3 is 2.22 bits per heavy atom. The molecule has 0 atom stereocenters. The number of benzene rings is 1. The Morgan fingerprint density at radius 2 is 1.65 bits per heavy atom. The molecule has 128 valence electrons. The first-order chi connectivity index (χ1) is 11.1. The normalized spacial score (nSPS) is 10.4. The Morgan fingerprint density at radius 1 is 1.00 bits per heavy atom. The van der Waals surface area contributed by atoms with Gasteiger partial charge in [0.1, 0.15) is 0 Å². The molecule has 5 heteroatoms. The van der Waals surface area contributed by atoms with Gasteiger partial charge >= 0.3 is 5.97 Å². The summed E-state index contributed by atoms with van der Waals surface area (Å²) in [7, 11) is 2.85. The maximum atomic E-state index is 12.2. The van der Waals surface area contributed by atoms with Crippen LogP contribution in [0.1, 0.15) is 61.4 Å². The van der Waals surface area contributed by atoms with Crippen molar-refractivity contribution in [3.63, 3.8) is 0 Å². The number of amides is 1. The maximum Gasteiger partial charge on any atom is 0.337 e. The quantitative estimate of drug-likeness (QED) is 0.374. The molecule has 0 fully saturated rings. The lowest BCUT2D eigenvalue weighted by molar-refractivity contribution is -0.179. The van der Waals surface area contributed by atoms with Gasteiger partial charge in [-0.25, -0.2) is 9.86 Å². The van der Waals surface area contributed by atoms with Crippen molar-refractivity contribution in [1.29, 1.82) is 0 Å². The first kappa shape index (κ1) is 19.2. The highest BCUT2D eigenvalue weighted by atomic mass is 16.7. The summed E-state index contributed by atoms with van der Waals surface area (Å²) >= 11 is 0. The third-order valence-electron chi connectivity index (χ3n) is 3.69. The number of ether oxygens (including phenoxy) is 1. The fraction of sp³-hybridized carbons (Fsp3) is 0.556. The number of methoxy groups -OCH3 is 1. The largest absolute Gasteiger partial charge is 0.465 e. The van der Waals surface area contributed by atoms with E-state index in [4.69, 9.17) is 4.84 Å². The molecule has 0 aromatic heterocycles. The van der Waals surface area contributed by atoms with E-state index in [2.05, 4.69) is 11.7 Å². The molecule has 0 saturated heterocycles. The number of unbranched alkanes of at least 4 members (excludes halogenated alkanes) is 4. The molecule has 1 aromatic carbocycles. The lowest BCUT2D eigenvalue weighted by Crippen LogP contribution is -2.29. The van der Waals surface area contributed by atoms with Crippen LogP contribution in [0.5, 0.6) is 0 Å². The molecule has 23 heavy (non-hydrogen) atoms. The van der Waals surface area contributed by atoms with Crippen LogP contribution in [-0.2, 0) is 20.9 Å². The molecular formula is C18H27NO4. The van der Waals surface area contributed by atoms with E-state index in [9.17, 15) is 9.59 Å². The van der Waals surface area contributed by atoms with Crippen molar-refractivity contribution in [1.82, 2.24) is 5.06 Å². The minimum Gasteiger partial charge on any atom is -0.465 e. The molecule has 0 N–H and O–H groups in total. The van der Waals surface area contributed by atoms with Crippen LogP contribution in [0.15, 0.2) is 24.3 Å². The summed E-state index contributed by atoms with van der Waals surface area (Å²) in [5, 5.41) is 1.37. The first-order valence-electron chi connectivity index (χ1n) is 8.14. The monoisotopic (exact) mass is 321 g/mol. The number of nitrogens with zero attached hydrogens (tertiary/aromatic N) is 1. The minimum absolute atomic E-state index is 0.0129. The molecule has 1 aromatic rings. The summed E-state index contributed by atoms with van der Waals surface area (Å²) in [5.74, 6) is -0.385. The molecule has 0 heterocycles. The summed E-state index contributed by atoms with van der Waals surface area (Å²) < 4.78 is 4.66. The van der Waals surface area contributed by atoms with Crippen LogP contribution < -0.4 is 0 Å². The third-order valence-corrected chi connectivity index (χ3v) is 3.69. The fourth-order valence-corrected chi connectivity index (χ4v) is 2.29.